The molecule has 0 bridgehead atoms. The van der Waals surface area contributed by atoms with Crippen LogP contribution in [0.1, 0.15) is 15.9 Å². The van der Waals surface area contributed by atoms with Crippen molar-refractivity contribution in [1.82, 2.24) is 10.7 Å². The van der Waals surface area contributed by atoms with Gasteiger partial charge in [-0.3, -0.25) is 9.59 Å². The van der Waals surface area contributed by atoms with Crippen molar-refractivity contribution in [3.05, 3.63) is 77.9 Å². The second kappa shape index (κ2) is 7.94. The predicted molar refractivity (Wildman–Crippen MR) is 100 cm³/mol. The van der Waals surface area contributed by atoms with E-state index in [0.717, 1.165) is 10.8 Å². The van der Waals surface area contributed by atoms with Crippen LogP contribution in [0, 0.1) is 0 Å². The molecular formula is C20H17N3O3. The summed E-state index contributed by atoms with van der Waals surface area (Å²) in [5.41, 5.74) is 3.29. The summed E-state index contributed by atoms with van der Waals surface area (Å²) in [6.07, 6.45) is 1.33. The summed E-state index contributed by atoms with van der Waals surface area (Å²) in [6.45, 7) is -0.208. The van der Waals surface area contributed by atoms with Crippen molar-refractivity contribution >= 4 is 28.8 Å². The summed E-state index contributed by atoms with van der Waals surface area (Å²) in [7, 11) is 0. The van der Waals surface area contributed by atoms with E-state index in [4.69, 9.17) is 0 Å². The Morgan fingerprint density at radius 2 is 1.69 bits per heavy atom. The number of nitrogens with zero attached hydrogens (tertiary/aromatic N) is 1. The number of benzene rings is 3. The van der Waals surface area contributed by atoms with Crippen LogP contribution in [0.4, 0.5) is 0 Å². The highest BCUT2D eigenvalue weighted by atomic mass is 16.3. The first-order chi connectivity index (χ1) is 12.6. The van der Waals surface area contributed by atoms with Gasteiger partial charge < -0.3 is 10.4 Å². The Bertz CT molecular complexity index is 977. The molecule has 0 aliphatic carbocycles. The number of hydrogen-bond acceptors (Lipinski definition) is 4. The van der Waals surface area contributed by atoms with Gasteiger partial charge in [0, 0.05) is 11.1 Å². The number of carbonyl (C=O) groups is 2. The van der Waals surface area contributed by atoms with Gasteiger partial charge in [0.05, 0.1) is 12.8 Å². The molecule has 3 N–H and O–H groups in total. The molecule has 0 spiro atoms. The van der Waals surface area contributed by atoms with E-state index < -0.39 is 5.91 Å². The molecule has 0 aliphatic rings. The Kier molecular flexibility index (Phi) is 5.24. The highest BCUT2D eigenvalue weighted by molar-refractivity contribution is 6.07. The zero-order valence-corrected chi connectivity index (χ0v) is 13.8. The number of amides is 2. The SMILES string of the molecule is O=C(CNC(=O)c1cccc2ccccc12)N/N=C/c1ccccc1O. The van der Waals surface area contributed by atoms with E-state index in [1.807, 2.05) is 30.3 Å². The minimum atomic E-state index is -0.467. The van der Waals surface area contributed by atoms with E-state index in [9.17, 15) is 14.7 Å². The largest absolute Gasteiger partial charge is 0.507 e. The van der Waals surface area contributed by atoms with Gasteiger partial charge in [-0.25, -0.2) is 5.43 Å². The topological polar surface area (TPSA) is 90.8 Å². The van der Waals surface area contributed by atoms with Gasteiger partial charge in [-0.1, -0.05) is 48.5 Å². The number of rotatable bonds is 5. The van der Waals surface area contributed by atoms with E-state index in [2.05, 4.69) is 15.8 Å². The zero-order valence-electron chi connectivity index (χ0n) is 13.8. The number of aromatic hydroxyl groups is 1. The van der Waals surface area contributed by atoms with E-state index >= 15 is 0 Å². The second-order valence-electron chi connectivity index (χ2n) is 5.56. The third-order valence-corrected chi connectivity index (χ3v) is 3.77. The lowest BCUT2D eigenvalue weighted by atomic mass is 10.0. The first-order valence-corrected chi connectivity index (χ1v) is 8.01. The molecule has 0 fully saturated rings. The normalized spacial score (nSPS) is 10.8. The number of phenolic OH excluding ortho intramolecular Hbond substituents is 1. The monoisotopic (exact) mass is 347 g/mol. The van der Waals surface area contributed by atoms with Crippen LogP contribution in [0.5, 0.6) is 5.75 Å². The molecule has 0 saturated heterocycles. The molecule has 6 nitrogen and oxygen atoms in total. The van der Waals surface area contributed by atoms with Crippen LogP contribution in [-0.2, 0) is 4.79 Å². The number of nitrogens with one attached hydrogen (secondary N) is 2. The summed E-state index contributed by atoms with van der Waals surface area (Å²) in [5, 5.41) is 17.7. The first kappa shape index (κ1) is 17.2. The van der Waals surface area contributed by atoms with Gasteiger partial charge in [-0.15, -0.1) is 0 Å². The second-order valence-corrected chi connectivity index (χ2v) is 5.56. The summed E-state index contributed by atoms with van der Waals surface area (Å²) in [4.78, 5) is 24.2. The maximum Gasteiger partial charge on any atom is 0.259 e. The molecule has 0 heterocycles. The number of phenols is 1. The Labute approximate surface area is 150 Å². The molecule has 3 aromatic carbocycles. The van der Waals surface area contributed by atoms with Crippen LogP contribution >= 0.6 is 0 Å². The Balaban J connectivity index is 1.57. The molecule has 0 aromatic heterocycles. The van der Waals surface area contributed by atoms with Gasteiger partial charge >= 0.3 is 0 Å². The number of fused-ring (bicyclic) bond motifs is 1. The minimum absolute atomic E-state index is 0.0646. The lowest BCUT2D eigenvalue weighted by Crippen LogP contribution is -2.35. The minimum Gasteiger partial charge on any atom is -0.507 e. The van der Waals surface area contributed by atoms with Crippen molar-refractivity contribution in [1.29, 1.82) is 0 Å². The van der Waals surface area contributed by atoms with Crippen molar-refractivity contribution in [3.63, 3.8) is 0 Å². The van der Waals surface area contributed by atoms with E-state index in [1.54, 1.807) is 30.3 Å². The Morgan fingerprint density at radius 1 is 0.962 bits per heavy atom. The smallest absolute Gasteiger partial charge is 0.259 e. The average molecular weight is 347 g/mol. The van der Waals surface area contributed by atoms with Crippen LogP contribution in [0.3, 0.4) is 0 Å². The predicted octanol–water partition coefficient (Wildman–Crippen LogP) is 2.43. The van der Waals surface area contributed by atoms with Gasteiger partial charge in [-0.2, -0.15) is 5.10 Å². The van der Waals surface area contributed by atoms with E-state index in [1.165, 1.54) is 12.3 Å². The number of hydrazone groups is 1. The summed E-state index contributed by atoms with van der Waals surface area (Å²) in [6, 6.07) is 19.6. The lowest BCUT2D eigenvalue weighted by molar-refractivity contribution is -0.120. The molecule has 3 aromatic rings. The van der Waals surface area contributed by atoms with E-state index in [0.29, 0.717) is 11.1 Å². The lowest BCUT2D eigenvalue weighted by Gasteiger charge is -2.07. The first-order valence-electron chi connectivity index (χ1n) is 8.01. The van der Waals surface area contributed by atoms with Gasteiger partial charge in [0.2, 0.25) is 0 Å². The molecule has 0 aliphatic heterocycles. The maximum absolute atomic E-state index is 12.3. The Hall–Kier alpha value is -3.67. The quantitative estimate of drug-likeness (QED) is 0.489. The molecule has 130 valence electrons. The van der Waals surface area contributed by atoms with Crippen molar-refractivity contribution in [2.75, 3.05) is 6.54 Å². The van der Waals surface area contributed by atoms with Crippen LogP contribution in [0.25, 0.3) is 10.8 Å². The average Bonchev–Trinajstić information content (AvgIpc) is 2.67. The molecular weight excluding hydrogens is 330 g/mol. The van der Waals surface area contributed by atoms with Crippen molar-refractivity contribution in [2.45, 2.75) is 0 Å². The fourth-order valence-corrected chi connectivity index (χ4v) is 2.49. The Morgan fingerprint density at radius 3 is 2.54 bits per heavy atom. The summed E-state index contributed by atoms with van der Waals surface area (Å²) < 4.78 is 0. The van der Waals surface area contributed by atoms with Gasteiger partial charge in [-0.05, 0) is 29.0 Å². The van der Waals surface area contributed by atoms with Crippen molar-refractivity contribution in [3.8, 4) is 5.75 Å². The molecule has 0 radical (unpaired) electrons. The van der Waals surface area contributed by atoms with Crippen molar-refractivity contribution < 1.29 is 14.7 Å². The highest BCUT2D eigenvalue weighted by Crippen LogP contribution is 2.18. The fraction of sp³-hybridized carbons (Fsp3) is 0.0500. The molecule has 0 unspecified atom stereocenters. The summed E-state index contributed by atoms with van der Waals surface area (Å²) in [5.74, 6) is -0.735. The van der Waals surface area contributed by atoms with Crippen LogP contribution < -0.4 is 10.7 Å². The van der Waals surface area contributed by atoms with Crippen LogP contribution in [-0.4, -0.2) is 29.7 Å². The molecule has 2 amide bonds. The standard InChI is InChI=1S/C20H17N3O3/c24-18-11-4-2-7-15(18)12-22-23-19(25)13-21-20(26)17-10-5-8-14-6-1-3-9-16(14)17/h1-12,24H,13H2,(H,21,26)(H,23,25)/b22-12+. The number of hydrogen-bond donors (Lipinski definition) is 3. The third-order valence-electron chi connectivity index (χ3n) is 3.77. The maximum atomic E-state index is 12.3. The van der Waals surface area contributed by atoms with Gasteiger partial charge in [0.25, 0.3) is 11.8 Å². The number of carbonyl (C=O) groups excluding carboxylic acids is 2. The van der Waals surface area contributed by atoms with E-state index in [-0.39, 0.29) is 18.2 Å². The molecule has 0 saturated carbocycles. The molecule has 6 heteroatoms. The fourth-order valence-electron chi connectivity index (χ4n) is 2.49. The number of para-hydroxylation sites is 1. The van der Waals surface area contributed by atoms with Gasteiger partial charge in [0.1, 0.15) is 5.75 Å². The highest BCUT2D eigenvalue weighted by Gasteiger charge is 2.10. The summed E-state index contributed by atoms with van der Waals surface area (Å²) >= 11 is 0. The third kappa shape index (κ3) is 4.05. The van der Waals surface area contributed by atoms with Crippen LogP contribution in [0.2, 0.25) is 0 Å². The molecule has 0 atom stereocenters. The van der Waals surface area contributed by atoms with Gasteiger partial charge in [0.15, 0.2) is 0 Å². The van der Waals surface area contributed by atoms with Crippen LogP contribution in [0.15, 0.2) is 71.8 Å². The zero-order chi connectivity index (χ0) is 18.4. The molecule has 3 rings (SSSR count). The van der Waals surface area contributed by atoms with Crippen molar-refractivity contribution in [2.24, 2.45) is 5.10 Å². The molecule has 26 heavy (non-hydrogen) atoms.